The van der Waals surface area contributed by atoms with E-state index in [1.165, 1.54) is 24.3 Å². The number of alkyl halides is 3. The Labute approximate surface area is 213 Å². The van der Waals surface area contributed by atoms with Gasteiger partial charge in [-0.25, -0.2) is 4.79 Å². The molecule has 0 unspecified atom stereocenters. The highest BCUT2D eigenvalue weighted by Crippen LogP contribution is 2.36. The zero-order chi connectivity index (χ0) is 27.2. The topological polar surface area (TPSA) is 125 Å². The number of hydrogen-bond acceptors (Lipinski definition) is 4. The highest BCUT2D eigenvalue weighted by atomic mass is 35.5. The Kier molecular flexibility index (Phi) is 8.51. The summed E-state index contributed by atoms with van der Waals surface area (Å²) >= 11 is 5.75. The molecule has 1 atom stereocenters. The van der Waals surface area contributed by atoms with Crippen molar-refractivity contribution in [1.82, 2.24) is 5.32 Å². The lowest BCUT2D eigenvalue weighted by atomic mass is 10.0. The van der Waals surface area contributed by atoms with Crippen LogP contribution in [0.25, 0.3) is 0 Å². The van der Waals surface area contributed by atoms with Gasteiger partial charge >= 0.3 is 24.0 Å². The summed E-state index contributed by atoms with van der Waals surface area (Å²) in [6.45, 7) is 0. The van der Waals surface area contributed by atoms with Crippen molar-refractivity contribution < 1.29 is 37.5 Å². The molecule has 8 nitrogen and oxygen atoms in total. The number of carboxylic acid groups (broad SMARTS) is 1. The van der Waals surface area contributed by atoms with Crippen LogP contribution >= 0.6 is 11.6 Å². The minimum absolute atomic E-state index is 0.0111. The van der Waals surface area contributed by atoms with E-state index >= 15 is 0 Å². The Hall–Kier alpha value is -4.38. The van der Waals surface area contributed by atoms with Gasteiger partial charge < -0.3 is 21.1 Å². The predicted octanol–water partition coefficient (Wildman–Crippen LogP) is 4.36. The SMILES string of the molecule is O=C(Nc1cc(Cl)ccc1C(F)(F)F)C(=O)N[C@@H](Cc1ccccc1)C(=O)Nc1ccc(C(=O)O)cc1. The molecule has 0 saturated carbocycles. The summed E-state index contributed by atoms with van der Waals surface area (Å²) in [5.41, 5.74) is -1.09. The van der Waals surface area contributed by atoms with Gasteiger partial charge in [-0.05, 0) is 48.0 Å². The molecule has 0 saturated heterocycles. The zero-order valence-corrected chi connectivity index (χ0v) is 19.6. The number of amides is 3. The number of carboxylic acids is 1. The van der Waals surface area contributed by atoms with Crippen molar-refractivity contribution in [3.05, 3.63) is 94.5 Å². The molecule has 4 N–H and O–H groups in total. The van der Waals surface area contributed by atoms with Crippen LogP contribution in [0.3, 0.4) is 0 Å². The predicted molar refractivity (Wildman–Crippen MR) is 129 cm³/mol. The Morgan fingerprint density at radius 3 is 2.11 bits per heavy atom. The summed E-state index contributed by atoms with van der Waals surface area (Å²) in [6, 6.07) is 14.9. The van der Waals surface area contributed by atoms with E-state index in [4.69, 9.17) is 16.7 Å². The van der Waals surface area contributed by atoms with E-state index in [0.29, 0.717) is 11.6 Å². The molecule has 0 radical (unpaired) electrons. The van der Waals surface area contributed by atoms with Gasteiger partial charge in [0.15, 0.2) is 0 Å². The van der Waals surface area contributed by atoms with Gasteiger partial charge in [-0.2, -0.15) is 13.2 Å². The van der Waals surface area contributed by atoms with Crippen molar-refractivity contribution in [1.29, 1.82) is 0 Å². The molecular formula is C25H19ClF3N3O5. The minimum Gasteiger partial charge on any atom is -0.478 e. The van der Waals surface area contributed by atoms with Gasteiger partial charge in [-0.1, -0.05) is 41.9 Å². The lowest BCUT2D eigenvalue weighted by Crippen LogP contribution is -2.49. The number of anilines is 2. The zero-order valence-electron chi connectivity index (χ0n) is 18.8. The van der Waals surface area contributed by atoms with Crippen molar-refractivity contribution >= 4 is 46.7 Å². The van der Waals surface area contributed by atoms with Crippen LogP contribution in [-0.4, -0.2) is 34.8 Å². The molecule has 0 spiro atoms. The number of rotatable bonds is 7. The minimum atomic E-state index is -4.82. The molecule has 0 aliphatic heterocycles. The summed E-state index contributed by atoms with van der Waals surface area (Å²) < 4.78 is 39.9. The van der Waals surface area contributed by atoms with Crippen LogP contribution < -0.4 is 16.0 Å². The van der Waals surface area contributed by atoms with Crippen LogP contribution in [0.4, 0.5) is 24.5 Å². The maximum atomic E-state index is 13.3. The average Bonchev–Trinajstić information content (AvgIpc) is 2.83. The molecule has 37 heavy (non-hydrogen) atoms. The third-order valence-electron chi connectivity index (χ3n) is 5.05. The van der Waals surface area contributed by atoms with Crippen LogP contribution in [0.2, 0.25) is 5.02 Å². The van der Waals surface area contributed by atoms with Crippen molar-refractivity contribution in [3.63, 3.8) is 0 Å². The van der Waals surface area contributed by atoms with Crippen molar-refractivity contribution in [2.24, 2.45) is 0 Å². The van der Waals surface area contributed by atoms with Gasteiger partial charge in [-0.3, -0.25) is 14.4 Å². The molecule has 0 fully saturated rings. The van der Waals surface area contributed by atoms with Crippen LogP contribution in [0.1, 0.15) is 21.5 Å². The maximum absolute atomic E-state index is 13.3. The summed E-state index contributed by atoms with van der Waals surface area (Å²) in [6.07, 6.45) is -4.88. The summed E-state index contributed by atoms with van der Waals surface area (Å²) in [5.74, 6) is -4.70. The molecule has 0 aromatic heterocycles. The second-order valence-electron chi connectivity index (χ2n) is 7.73. The number of nitrogens with one attached hydrogen (secondary N) is 3. The first kappa shape index (κ1) is 27.2. The van der Waals surface area contributed by atoms with Crippen molar-refractivity contribution in [2.75, 3.05) is 10.6 Å². The van der Waals surface area contributed by atoms with Gasteiger partial charge in [0.05, 0.1) is 16.8 Å². The second-order valence-corrected chi connectivity index (χ2v) is 8.17. The van der Waals surface area contributed by atoms with E-state index in [-0.39, 0.29) is 22.7 Å². The fourth-order valence-corrected chi connectivity index (χ4v) is 3.43. The smallest absolute Gasteiger partial charge is 0.418 e. The summed E-state index contributed by atoms with van der Waals surface area (Å²) in [7, 11) is 0. The first-order chi connectivity index (χ1) is 17.4. The molecule has 3 rings (SSSR count). The van der Waals surface area contributed by atoms with Gasteiger partial charge in [0.25, 0.3) is 0 Å². The normalized spacial score (nSPS) is 11.8. The van der Waals surface area contributed by atoms with Gasteiger partial charge in [0, 0.05) is 17.1 Å². The van der Waals surface area contributed by atoms with E-state index in [1.807, 2.05) is 5.32 Å². The Balaban J connectivity index is 1.78. The van der Waals surface area contributed by atoms with Crippen LogP contribution in [-0.2, 0) is 27.0 Å². The Morgan fingerprint density at radius 2 is 1.51 bits per heavy atom. The fraction of sp³-hybridized carbons (Fsp3) is 0.120. The number of hydrogen-bond donors (Lipinski definition) is 4. The monoisotopic (exact) mass is 533 g/mol. The molecule has 0 bridgehead atoms. The standard InChI is InChI=1S/C25H19ClF3N3O5/c26-16-8-11-18(25(27,28)29)19(13-16)31-22(34)23(35)32-20(12-14-4-2-1-3-5-14)21(33)30-17-9-6-15(7-10-17)24(36)37/h1-11,13,20H,12H2,(H,30,33)(H,31,34)(H,32,35)(H,36,37)/t20-/m0/s1. The third kappa shape index (κ3) is 7.55. The molecule has 0 heterocycles. The van der Waals surface area contributed by atoms with Crippen LogP contribution in [0.15, 0.2) is 72.8 Å². The van der Waals surface area contributed by atoms with Crippen molar-refractivity contribution in [2.45, 2.75) is 18.6 Å². The molecule has 3 aromatic rings. The lowest BCUT2D eigenvalue weighted by molar-refractivity contribution is -0.138. The van der Waals surface area contributed by atoms with Crippen LogP contribution in [0.5, 0.6) is 0 Å². The van der Waals surface area contributed by atoms with Crippen molar-refractivity contribution in [3.8, 4) is 0 Å². The van der Waals surface area contributed by atoms with Crippen LogP contribution in [0, 0.1) is 0 Å². The molecule has 3 amide bonds. The van der Waals surface area contributed by atoms with E-state index in [0.717, 1.165) is 12.1 Å². The van der Waals surface area contributed by atoms with Gasteiger partial charge in [0.1, 0.15) is 6.04 Å². The first-order valence-corrected chi connectivity index (χ1v) is 11.0. The molecular weight excluding hydrogens is 515 g/mol. The maximum Gasteiger partial charge on any atom is 0.418 e. The van der Waals surface area contributed by atoms with Gasteiger partial charge in [-0.15, -0.1) is 0 Å². The molecule has 0 aliphatic carbocycles. The third-order valence-corrected chi connectivity index (χ3v) is 5.28. The number of aromatic carboxylic acids is 1. The Bertz CT molecular complexity index is 1320. The first-order valence-electron chi connectivity index (χ1n) is 10.6. The summed E-state index contributed by atoms with van der Waals surface area (Å²) in [4.78, 5) is 49.0. The fourth-order valence-electron chi connectivity index (χ4n) is 3.25. The van der Waals surface area contributed by atoms with E-state index in [9.17, 15) is 32.3 Å². The molecule has 192 valence electrons. The molecule has 3 aromatic carbocycles. The molecule has 0 aliphatic rings. The Morgan fingerprint density at radius 1 is 0.865 bits per heavy atom. The highest BCUT2D eigenvalue weighted by molar-refractivity contribution is 6.40. The quantitative estimate of drug-likeness (QED) is 0.336. The van der Waals surface area contributed by atoms with E-state index in [1.54, 1.807) is 30.3 Å². The van der Waals surface area contributed by atoms with E-state index < -0.39 is 47.2 Å². The number of carbonyl (C=O) groups excluding carboxylic acids is 3. The highest BCUT2D eigenvalue weighted by Gasteiger charge is 2.35. The summed E-state index contributed by atoms with van der Waals surface area (Å²) in [5, 5.41) is 15.5. The van der Waals surface area contributed by atoms with E-state index in [2.05, 4.69) is 10.6 Å². The second kappa shape index (κ2) is 11.6. The average molecular weight is 534 g/mol. The lowest BCUT2D eigenvalue weighted by Gasteiger charge is -2.19. The number of benzene rings is 3. The largest absolute Gasteiger partial charge is 0.478 e. The number of halogens is 4. The molecule has 12 heteroatoms. The number of carbonyl (C=O) groups is 4. The van der Waals surface area contributed by atoms with Gasteiger partial charge in [0.2, 0.25) is 5.91 Å².